The summed E-state index contributed by atoms with van der Waals surface area (Å²) in [6.45, 7) is 0. The first-order valence-corrected chi connectivity index (χ1v) is 8.25. The SMILES string of the molecule is [AsH6+3].[AsH6+3].[O]=[Cr](=[O])([O-])[O-].[O]=[Cr](=[O])([O-])[O-].[O]=[Cr](=[O])([O-])[O-]. The Morgan fingerprint density at radius 1 is 0.412 bits per heavy atom. The molecular weight excluding hydrogens is 498 g/mol. The van der Waals surface area contributed by atoms with Crippen molar-refractivity contribution in [2.24, 2.45) is 0 Å². The molecule has 0 spiro atoms. The van der Waals surface area contributed by atoms with E-state index in [1.165, 1.54) is 0 Å². The van der Waals surface area contributed by atoms with Crippen LogP contribution in [0.3, 0.4) is 0 Å². The normalized spacial score (nSPS) is 10.2. The van der Waals surface area contributed by atoms with Gasteiger partial charge in [0, 0.05) is 0 Å². The summed E-state index contributed by atoms with van der Waals surface area (Å²) < 4.78 is 103. The van der Waals surface area contributed by atoms with Crippen molar-refractivity contribution in [1.82, 2.24) is 0 Å². The monoisotopic (exact) mass is 510 g/mol. The first-order valence-electron chi connectivity index (χ1n) is 2.00. The Morgan fingerprint density at radius 2 is 0.412 bits per heavy atom. The maximum absolute atomic E-state index is 8.59. The summed E-state index contributed by atoms with van der Waals surface area (Å²) in [6.07, 6.45) is 0. The Bertz CT molecular complexity index is 341. The molecule has 0 aromatic carbocycles. The van der Waals surface area contributed by atoms with Gasteiger partial charge in [0.05, 0.1) is 0 Å². The second-order valence-electron chi connectivity index (χ2n) is 1.22. The fourth-order valence-corrected chi connectivity index (χ4v) is 0. The van der Waals surface area contributed by atoms with E-state index in [9.17, 15) is 0 Å². The molecule has 0 aliphatic rings. The van der Waals surface area contributed by atoms with E-state index in [0.29, 0.717) is 0 Å². The topological polar surface area (TPSA) is 241 Å². The zero-order chi connectivity index (χ0) is 13.5. The fraction of sp³-hybridized carbons (Fsp3) is 0. The van der Waals surface area contributed by atoms with Gasteiger partial charge in [-0.1, -0.05) is 0 Å². The minimum atomic E-state index is -5.75. The summed E-state index contributed by atoms with van der Waals surface area (Å²) >= 11 is -17.2. The second-order valence-corrected chi connectivity index (χ2v) is 5.05. The van der Waals surface area contributed by atoms with Gasteiger partial charge in [-0.3, -0.25) is 0 Å². The Kier molecular flexibility index (Phi) is 22.4. The van der Waals surface area contributed by atoms with Crippen LogP contribution in [-0.2, 0) is 63.7 Å². The molecule has 17 heteroatoms. The molecule has 0 amide bonds. The van der Waals surface area contributed by atoms with Crippen LogP contribution in [0.2, 0.25) is 0 Å². The summed E-state index contributed by atoms with van der Waals surface area (Å²) in [5.41, 5.74) is 0. The van der Waals surface area contributed by atoms with Crippen molar-refractivity contribution >= 4 is 35.9 Å². The van der Waals surface area contributed by atoms with Crippen molar-refractivity contribution in [2.75, 3.05) is 0 Å². The Morgan fingerprint density at radius 3 is 0.412 bits per heavy atom. The van der Waals surface area contributed by atoms with Gasteiger partial charge in [-0.2, -0.15) is 0 Å². The molecule has 112 valence electrons. The second kappa shape index (κ2) is 12.3. The van der Waals surface area contributed by atoms with E-state index in [1.54, 1.807) is 0 Å². The molecule has 0 aromatic heterocycles. The van der Waals surface area contributed by atoms with Crippen LogP contribution in [0.1, 0.15) is 0 Å². The molecule has 0 bridgehead atoms. The first-order chi connectivity index (χ1) is 6.00. The van der Waals surface area contributed by atoms with Crippen LogP contribution in [-0.4, -0.2) is 35.9 Å². The van der Waals surface area contributed by atoms with Crippen LogP contribution < -0.4 is 24.9 Å². The molecule has 0 atom stereocenters. The standard InChI is InChI=1S/2AsH6.3Cr.12O/h2*1H6;;;;;;;;;;;;;;;/q2*+3;;;;;;;;;;6*-1. The Labute approximate surface area is 123 Å². The van der Waals surface area contributed by atoms with Gasteiger partial charge >= 0.3 is 125 Å². The van der Waals surface area contributed by atoms with Crippen molar-refractivity contribution in [1.29, 1.82) is 0 Å². The summed E-state index contributed by atoms with van der Waals surface area (Å²) in [4.78, 5) is 0. The van der Waals surface area contributed by atoms with Gasteiger partial charge in [-0.05, 0) is 0 Å². The first kappa shape index (κ1) is 30.9. The molecule has 0 rings (SSSR count). The van der Waals surface area contributed by atoms with E-state index < -0.39 is 40.8 Å². The molecule has 0 aromatic rings. The average molecular weight is 510 g/mol. The van der Waals surface area contributed by atoms with E-state index in [0.717, 1.165) is 0 Å². The molecule has 0 fully saturated rings. The number of hydrogen-bond acceptors (Lipinski definition) is 12. The minimum absolute atomic E-state index is 0. The molecule has 0 saturated heterocycles. The third-order valence-electron chi connectivity index (χ3n) is 0. The molecule has 0 unspecified atom stereocenters. The third kappa shape index (κ3) is 2480. The van der Waals surface area contributed by atoms with Crippen LogP contribution in [0.5, 0.6) is 0 Å². The van der Waals surface area contributed by atoms with Gasteiger partial charge in [0.2, 0.25) is 0 Å². The van der Waals surface area contributed by atoms with Crippen LogP contribution in [0.15, 0.2) is 0 Å². The molecule has 0 saturated carbocycles. The molecule has 0 radical (unpaired) electrons. The molecular formula is H12As2Cr3O12. The molecule has 0 aliphatic carbocycles. The van der Waals surface area contributed by atoms with Gasteiger partial charge < -0.3 is 0 Å². The van der Waals surface area contributed by atoms with Crippen LogP contribution in [0, 0.1) is 0 Å². The van der Waals surface area contributed by atoms with Crippen molar-refractivity contribution in [3.8, 4) is 0 Å². The van der Waals surface area contributed by atoms with Crippen LogP contribution in [0.4, 0.5) is 0 Å². The average Bonchev–Trinajstić information content (AvgIpc) is 1.41. The number of hydrogen-bond donors (Lipinski definition) is 0. The van der Waals surface area contributed by atoms with E-state index >= 15 is 0 Å². The molecule has 0 heterocycles. The van der Waals surface area contributed by atoms with Gasteiger partial charge in [-0.25, -0.2) is 0 Å². The van der Waals surface area contributed by atoms with Gasteiger partial charge in [0.15, 0.2) is 0 Å². The summed E-state index contributed by atoms with van der Waals surface area (Å²) in [6, 6.07) is 0. The molecule has 12 nitrogen and oxygen atoms in total. The summed E-state index contributed by atoms with van der Waals surface area (Å²) in [5, 5.41) is 0. The number of rotatable bonds is 0. The van der Waals surface area contributed by atoms with E-state index in [2.05, 4.69) is 0 Å². The van der Waals surface area contributed by atoms with E-state index in [-0.39, 0.29) is 35.9 Å². The molecule has 0 N–H and O–H groups in total. The Hall–Kier alpha value is 1.27. The van der Waals surface area contributed by atoms with Gasteiger partial charge in [0.25, 0.3) is 0 Å². The quantitative estimate of drug-likeness (QED) is 0.276. The summed E-state index contributed by atoms with van der Waals surface area (Å²) in [7, 11) is 0. The predicted molar refractivity (Wildman–Crippen MR) is 32.4 cm³/mol. The zero-order valence-electron chi connectivity index (χ0n) is 6.12. The fourth-order valence-electron chi connectivity index (χ4n) is 0. The van der Waals surface area contributed by atoms with E-state index in [1.807, 2.05) is 0 Å². The van der Waals surface area contributed by atoms with E-state index in [4.69, 9.17) is 47.8 Å². The zero-order valence-corrected chi connectivity index (χ0v) is 9.95. The van der Waals surface area contributed by atoms with Gasteiger partial charge in [-0.15, -0.1) is 0 Å². The predicted octanol–water partition coefficient (Wildman–Crippen LogP) is -11.8. The van der Waals surface area contributed by atoms with Crippen molar-refractivity contribution in [3.63, 3.8) is 0 Å². The van der Waals surface area contributed by atoms with Crippen molar-refractivity contribution in [3.05, 3.63) is 0 Å². The Balaban J connectivity index is -0.0000000400. The maximum atomic E-state index is 8.59. The summed E-state index contributed by atoms with van der Waals surface area (Å²) in [5.74, 6) is 0. The third-order valence-corrected chi connectivity index (χ3v) is 0. The molecule has 17 heavy (non-hydrogen) atoms. The van der Waals surface area contributed by atoms with Crippen LogP contribution >= 0.6 is 0 Å². The van der Waals surface area contributed by atoms with Crippen molar-refractivity contribution in [2.45, 2.75) is 0 Å². The van der Waals surface area contributed by atoms with Crippen molar-refractivity contribution < 1.29 is 88.6 Å². The van der Waals surface area contributed by atoms with Gasteiger partial charge in [0.1, 0.15) is 0 Å². The van der Waals surface area contributed by atoms with Crippen LogP contribution in [0.25, 0.3) is 0 Å². The molecule has 0 aliphatic heterocycles.